The number of fused-ring (bicyclic) bond motifs is 2. The molecule has 3 aromatic rings. The molecule has 0 saturated heterocycles. The van der Waals surface area contributed by atoms with Crippen molar-refractivity contribution in [2.45, 2.75) is 13.3 Å². The molecular formula is C20H20O3. The molecule has 0 amide bonds. The Kier molecular flexibility index (Phi) is 4.89. The Balaban J connectivity index is 1.95. The van der Waals surface area contributed by atoms with Crippen LogP contribution in [0, 0.1) is 0 Å². The molecular weight excluding hydrogens is 288 g/mol. The molecule has 0 bridgehead atoms. The second-order valence-electron chi connectivity index (χ2n) is 5.38. The van der Waals surface area contributed by atoms with Gasteiger partial charge in [-0.25, -0.2) is 4.79 Å². The van der Waals surface area contributed by atoms with E-state index in [0.29, 0.717) is 31.8 Å². The number of hydrogen-bond donors (Lipinski definition) is 0. The number of hydrogen-bond acceptors (Lipinski definition) is 3. The van der Waals surface area contributed by atoms with Crippen LogP contribution in [-0.2, 0) is 9.47 Å². The third-order valence-electron chi connectivity index (χ3n) is 3.85. The fourth-order valence-electron chi connectivity index (χ4n) is 2.78. The van der Waals surface area contributed by atoms with Gasteiger partial charge in [0.1, 0.15) is 0 Å². The predicted molar refractivity (Wildman–Crippen MR) is 92.8 cm³/mol. The van der Waals surface area contributed by atoms with Crippen molar-refractivity contribution in [1.82, 2.24) is 0 Å². The third kappa shape index (κ3) is 3.35. The monoisotopic (exact) mass is 308 g/mol. The average molecular weight is 308 g/mol. The smallest absolute Gasteiger partial charge is 0.339 e. The quantitative estimate of drug-likeness (QED) is 0.380. The van der Waals surface area contributed by atoms with E-state index in [1.807, 2.05) is 55.5 Å². The summed E-state index contributed by atoms with van der Waals surface area (Å²) in [5.74, 6) is -0.269. The SMILES string of the molecule is CCOCCCOC(=O)c1c2ccccc2cc2ccccc12. The standard InChI is InChI=1S/C20H20O3/c1-2-22-12-7-13-23-20(21)19-17-10-5-3-8-15(17)14-16-9-4-6-11-18(16)19/h3-6,8-11,14H,2,7,12-13H2,1H3. The summed E-state index contributed by atoms with van der Waals surface area (Å²) in [7, 11) is 0. The van der Waals surface area contributed by atoms with E-state index in [1.54, 1.807) is 0 Å². The summed E-state index contributed by atoms with van der Waals surface area (Å²) in [6.45, 7) is 3.62. The Morgan fingerprint density at radius 2 is 1.52 bits per heavy atom. The minimum absolute atomic E-state index is 0.269. The topological polar surface area (TPSA) is 35.5 Å². The summed E-state index contributed by atoms with van der Waals surface area (Å²) in [5, 5.41) is 3.96. The molecule has 3 rings (SSSR count). The van der Waals surface area contributed by atoms with Gasteiger partial charge in [0, 0.05) is 19.6 Å². The van der Waals surface area contributed by atoms with Gasteiger partial charge in [-0.15, -0.1) is 0 Å². The van der Waals surface area contributed by atoms with E-state index in [1.165, 1.54) is 0 Å². The zero-order valence-electron chi connectivity index (χ0n) is 13.2. The number of rotatable bonds is 6. The molecule has 0 aliphatic carbocycles. The van der Waals surface area contributed by atoms with Gasteiger partial charge in [0.05, 0.1) is 12.2 Å². The third-order valence-corrected chi connectivity index (χ3v) is 3.85. The minimum atomic E-state index is -0.269. The lowest BCUT2D eigenvalue weighted by molar-refractivity contribution is 0.0457. The Morgan fingerprint density at radius 3 is 2.13 bits per heavy atom. The Bertz CT molecular complexity index is 769. The van der Waals surface area contributed by atoms with Crippen LogP contribution in [0.2, 0.25) is 0 Å². The second-order valence-corrected chi connectivity index (χ2v) is 5.38. The zero-order valence-corrected chi connectivity index (χ0v) is 13.2. The molecule has 0 aliphatic rings. The second kappa shape index (κ2) is 7.25. The number of ether oxygens (including phenoxy) is 2. The van der Waals surface area contributed by atoms with E-state index < -0.39 is 0 Å². The molecule has 0 unspecified atom stereocenters. The molecule has 0 N–H and O–H groups in total. The van der Waals surface area contributed by atoms with Crippen LogP contribution in [0.4, 0.5) is 0 Å². The largest absolute Gasteiger partial charge is 0.462 e. The maximum Gasteiger partial charge on any atom is 0.339 e. The highest BCUT2D eigenvalue weighted by Crippen LogP contribution is 2.29. The van der Waals surface area contributed by atoms with Crippen molar-refractivity contribution in [3.8, 4) is 0 Å². The highest BCUT2D eigenvalue weighted by Gasteiger charge is 2.15. The molecule has 0 saturated carbocycles. The number of esters is 1. The van der Waals surface area contributed by atoms with Crippen LogP contribution in [0.25, 0.3) is 21.5 Å². The van der Waals surface area contributed by atoms with Gasteiger partial charge in [0.15, 0.2) is 0 Å². The summed E-state index contributed by atoms with van der Waals surface area (Å²) < 4.78 is 10.7. The predicted octanol–water partition coefficient (Wildman–Crippen LogP) is 4.58. The van der Waals surface area contributed by atoms with Gasteiger partial charge in [0.2, 0.25) is 0 Å². The van der Waals surface area contributed by atoms with E-state index in [4.69, 9.17) is 9.47 Å². The van der Waals surface area contributed by atoms with Crippen molar-refractivity contribution >= 4 is 27.5 Å². The first-order chi connectivity index (χ1) is 11.3. The van der Waals surface area contributed by atoms with E-state index >= 15 is 0 Å². The first kappa shape index (κ1) is 15.5. The van der Waals surface area contributed by atoms with Crippen molar-refractivity contribution < 1.29 is 14.3 Å². The molecule has 0 fully saturated rings. The molecule has 3 nitrogen and oxygen atoms in total. The highest BCUT2D eigenvalue weighted by molar-refractivity contribution is 6.16. The van der Waals surface area contributed by atoms with Gasteiger partial charge >= 0.3 is 5.97 Å². The first-order valence-electron chi connectivity index (χ1n) is 7.96. The molecule has 0 aromatic heterocycles. The average Bonchev–Trinajstić information content (AvgIpc) is 2.59. The number of carbonyl (C=O) groups excluding carboxylic acids is 1. The maximum atomic E-state index is 12.6. The van der Waals surface area contributed by atoms with Crippen LogP contribution in [0.1, 0.15) is 23.7 Å². The normalized spacial score (nSPS) is 11.0. The van der Waals surface area contributed by atoms with Gasteiger partial charge in [-0.2, -0.15) is 0 Å². The Hall–Kier alpha value is -2.39. The van der Waals surface area contributed by atoms with Crippen LogP contribution in [0.5, 0.6) is 0 Å². The Labute approximate surface area is 135 Å². The van der Waals surface area contributed by atoms with Gasteiger partial charge in [-0.1, -0.05) is 48.5 Å². The molecule has 0 heterocycles. The minimum Gasteiger partial charge on any atom is -0.462 e. The van der Waals surface area contributed by atoms with E-state index in [9.17, 15) is 4.79 Å². The molecule has 118 valence electrons. The number of benzene rings is 3. The Morgan fingerprint density at radius 1 is 0.913 bits per heavy atom. The lowest BCUT2D eigenvalue weighted by Gasteiger charge is -2.11. The summed E-state index contributed by atoms with van der Waals surface area (Å²) in [5.41, 5.74) is 0.648. The fraction of sp³-hybridized carbons (Fsp3) is 0.250. The fourth-order valence-corrected chi connectivity index (χ4v) is 2.78. The van der Waals surface area contributed by atoms with Gasteiger partial charge < -0.3 is 9.47 Å². The molecule has 3 aromatic carbocycles. The summed E-state index contributed by atoms with van der Waals surface area (Å²) in [4.78, 5) is 12.6. The van der Waals surface area contributed by atoms with Crippen LogP contribution in [0.3, 0.4) is 0 Å². The summed E-state index contributed by atoms with van der Waals surface area (Å²) in [6, 6.07) is 17.9. The number of carbonyl (C=O) groups is 1. The van der Waals surface area contributed by atoms with Gasteiger partial charge in [-0.3, -0.25) is 0 Å². The first-order valence-corrected chi connectivity index (χ1v) is 7.96. The van der Waals surface area contributed by atoms with Crippen molar-refractivity contribution in [2.24, 2.45) is 0 Å². The lowest BCUT2D eigenvalue weighted by Crippen LogP contribution is -2.09. The van der Waals surface area contributed by atoms with Crippen LogP contribution >= 0.6 is 0 Å². The zero-order chi connectivity index (χ0) is 16.1. The van der Waals surface area contributed by atoms with E-state index in [0.717, 1.165) is 21.5 Å². The maximum absolute atomic E-state index is 12.6. The molecule has 0 spiro atoms. The van der Waals surface area contributed by atoms with Crippen LogP contribution in [-0.4, -0.2) is 25.8 Å². The van der Waals surface area contributed by atoms with Crippen molar-refractivity contribution in [1.29, 1.82) is 0 Å². The molecule has 0 atom stereocenters. The summed E-state index contributed by atoms with van der Waals surface area (Å²) in [6.07, 6.45) is 0.711. The molecule has 3 heteroatoms. The van der Waals surface area contributed by atoms with Gasteiger partial charge in [-0.05, 0) is 34.5 Å². The lowest BCUT2D eigenvalue weighted by atomic mass is 9.97. The van der Waals surface area contributed by atoms with Crippen LogP contribution < -0.4 is 0 Å². The summed E-state index contributed by atoms with van der Waals surface area (Å²) >= 11 is 0. The van der Waals surface area contributed by atoms with Crippen molar-refractivity contribution in [2.75, 3.05) is 19.8 Å². The highest BCUT2D eigenvalue weighted by atomic mass is 16.5. The molecule has 0 aliphatic heterocycles. The van der Waals surface area contributed by atoms with Gasteiger partial charge in [0.25, 0.3) is 0 Å². The van der Waals surface area contributed by atoms with E-state index in [-0.39, 0.29) is 5.97 Å². The van der Waals surface area contributed by atoms with Crippen molar-refractivity contribution in [3.63, 3.8) is 0 Å². The van der Waals surface area contributed by atoms with Crippen LogP contribution in [0.15, 0.2) is 54.6 Å². The van der Waals surface area contributed by atoms with E-state index in [2.05, 4.69) is 6.07 Å². The van der Waals surface area contributed by atoms with Crippen molar-refractivity contribution in [3.05, 3.63) is 60.2 Å². The molecule has 0 radical (unpaired) electrons. The molecule has 23 heavy (non-hydrogen) atoms.